The van der Waals surface area contributed by atoms with E-state index in [2.05, 4.69) is 24.4 Å². The van der Waals surface area contributed by atoms with Crippen molar-refractivity contribution in [2.75, 3.05) is 40.5 Å². The van der Waals surface area contributed by atoms with E-state index in [4.69, 9.17) is 14.2 Å². The Morgan fingerprint density at radius 1 is 1.05 bits per heavy atom. The van der Waals surface area contributed by atoms with Crippen molar-refractivity contribution in [1.82, 2.24) is 5.32 Å². The third kappa shape index (κ3) is 7.48. The van der Waals surface area contributed by atoms with Crippen molar-refractivity contribution in [1.29, 1.82) is 0 Å². The van der Waals surface area contributed by atoms with Crippen LogP contribution in [0.1, 0.15) is 18.9 Å². The molecule has 0 radical (unpaired) electrons. The molecular formula is C16H27NO3. The van der Waals surface area contributed by atoms with E-state index in [9.17, 15) is 0 Å². The van der Waals surface area contributed by atoms with Crippen molar-refractivity contribution in [3.8, 4) is 5.75 Å². The molecule has 4 heteroatoms. The number of nitrogens with one attached hydrogen (secondary N) is 1. The summed E-state index contributed by atoms with van der Waals surface area (Å²) >= 11 is 0. The number of ether oxygens (including phenoxy) is 3. The first-order valence-corrected chi connectivity index (χ1v) is 7.20. The lowest BCUT2D eigenvalue weighted by atomic mass is 10.1. The minimum atomic E-state index is 0.155. The summed E-state index contributed by atoms with van der Waals surface area (Å²) in [4.78, 5) is 0. The van der Waals surface area contributed by atoms with E-state index in [1.165, 1.54) is 5.56 Å². The topological polar surface area (TPSA) is 39.7 Å². The summed E-state index contributed by atoms with van der Waals surface area (Å²) in [7, 11) is 3.45. The van der Waals surface area contributed by atoms with Crippen LogP contribution in [-0.4, -0.2) is 46.6 Å². The highest BCUT2D eigenvalue weighted by Crippen LogP contribution is 2.14. The molecular weight excluding hydrogens is 254 g/mol. The standard InChI is InChI=1S/C16H27NO3/c1-14(13-17-10-4-11-18-2)20-16-7-5-15(6-8-16)9-12-19-3/h5-8,14,17H,4,9-13H2,1-3H3. The average molecular weight is 281 g/mol. The lowest BCUT2D eigenvalue weighted by Crippen LogP contribution is -2.30. The zero-order valence-corrected chi connectivity index (χ0v) is 12.9. The second-order valence-electron chi connectivity index (χ2n) is 4.87. The van der Waals surface area contributed by atoms with E-state index in [-0.39, 0.29) is 6.10 Å². The quantitative estimate of drug-likeness (QED) is 0.632. The summed E-state index contributed by atoms with van der Waals surface area (Å²) in [6.45, 7) is 5.42. The van der Waals surface area contributed by atoms with Gasteiger partial charge in [-0.05, 0) is 44.0 Å². The molecule has 1 unspecified atom stereocenters. The van der Waals surface area contributed by atoms with Crippen molar-refractivity contribution in [3.05, 3.63) is 29.8 Å². The molecule has 114 valence electrons. The fraction of sp³-hybridized carbons (Fsp3) is 0.625. The molecule has 1 atom stereocenters. The molecule has 0 heterocycles. The Morgan fingerprint density at radius 3 is 2.40 bits per heavy atom. The van der Waals surface area contributed by atoms with Crippen molar-refractivity contribution in [2.24, 2.45) is 0 Å². The molecule has 4 nitrogen and oxygen atoms in total. The summed E-state index contributed by atoms with van der Waals surface area (Å²) in [6.07, 6.45) is 2.12. The van der Waals surface area contributed by atoms with Gasteiger partial charge in [-0.3, -0.25) is 0 Å². The van der Waals surface area contributed by atoms with Crippen molar-refractivity contribution < 1.29 is 14.2 Å². The lowest BCUT2D eigenvalue weighted by Gasteiger charge is -2.15. The van der Waals surface area contributed by atoms with Gasteiger partial charge in [-0.15, -0.1) is 0 Å². The van der Waals surface area contributed by atoms with E-state index in [1.54, 1.807) is 14.2 Å². The van der Waals surface area contributed by atoms with Crippen molar-refractivity contribution >= 4 is 0 Å². The second-order valence-corrected chi connectivity index (χ2v) is 4.87. The number of benzene rings is 1. The smallest absolute Gasteiger partial charge is 0.119 e. The zero-order chi connectivity index (χ0) is 14.6. The fourth-order valence-corrected chi connectivity index (χ4v) is 1.88. The predicted octanol–water partition coefficient (Wildman–Crippen LogP) is 2.27. The Kier molecular flexibility index (Phi) is 9.04. The number of methoxy groups -OCH3 is 2. The van der Waals surface area contributed by atoms with E-state index in [0.29, 0.717) is 0 Å². The molecule has 1 aromatic carbocycles. The largest absolute Gasteiger partial charge is 0.489 e. The van der Waals surface area contributed by atoms with Crippen LogP contribution in [0.5, 0.6) is 5.75 Å². The Labute approximate surface area is 122 Å². The summed E-state index contributed by atoms with van der Waals surface area (Å²) in [5.41, 5.74) is 1.27. The van der Waals surface area contributed by atoms with Gasteiger partial charge in [0.25, 0.3) is 0 Å². The molecule has 0 aliphatic rings. The normalized spacial score (nSPS) is 12.3. The Hall–Kier alpha value is -1.10. The second kappa shape index (κ2) is 10.7. The Balaban J connectivity index is 2.22. The number of hydrogen-bond donors (Lipinski definition) is 1. The maximum Gasteiger partial charge on any atom is 0.119 e. The summed E-state index contributed by atoms with van der Waals surface area (Å²) in [5.74, 6) is 0.914. The SMILES string of the molecule is COCCCNCC(C)Oc1ccc(CCOC)cc1. The molecule has 1 aromatic rings. The van der Waals surface area contributed by atoms with Crippen LogP contribution < -0.4 is 10.1 Å². The van der Waals surface area contributed by atoms with Crippen LogP contribution in [0.3, 0.4) is 0 Å². The Morgan fingerprint density at radius 2 is 1.75 bits per heavy atom. The molecule has 0 aliphatic carbocycles. The number of hydrogen-bond acceptors (Lipinski definition) is 4. The van der Waals surface area contributed by atoms with Crippen LogP contribution >= 0.6 is 0 Å². The van der Waals surface area contributed by atoms with Gasteiger partial charge >= 0.3 is 0 Å². The molecule has 0 saturated heterocycles. The first-order valence-electron chi connectivity index (χ1n) is 7.20. The molecule has 1 N–H and O–H groups in total. The monoisotopic (exact) mass is 281 g/mol. The molecule has 0 spiro atoms. The van der Waals surface area contributed by atoms with E-state index in [0.717, 1.165) is 44.9 Å². The third-order valence-corrected chi connectivity index (χ3v) is 2.99. The van der Waals surface area contributed by atoms with E-state index in [1.807, 2.05) is 12.1 Å². The van der Waals surface area contributed by atoms with Gasteiger partial charge in [-0.25, -0.2) is 0 Å². The fourth-order valence-electron chi connectivity index (χ4n) is 1.88. The number of rotatable bonds is 11. The Bertz CT molecular complexity index is 340. The molecule has 0 aromatic heterocycles. The van der Waals surface area contributed by atoms with Gasteiger partial charge in [0.1, 0.15) is 11.9 Å². The van der Waals surface area contributed by atoms with E-state index < -0.39 is 0 Å². The summed E-state index contributed by atoms with van der Waals surface area (Å²) in [6, 6.07) is 8.22. The molecule has 0 fully saturated rings. The predicted molar refractivity (Wildman–Crippen MR) is 81.5 cm³/mol. The highest BCUT2D eigenvalue weighted by atomic mass is 16.5. The van der Waals surface area contributed by atoms with Gasteiger partial charge < -0.3 is 19.5 Å². The van der Waals surface area contributed by atoms with Gasteiger partial charge in [0, 0.05) is 27.4 Å². The average Bonchev–Trinajstić information content (AvgIpc) is 2.46. The van der Waals surface area contributed by atoms with Gasteiger partial charge in [-0.2, -0.15) is 0 Å². The zero-order valence-electron chi connectivity index (χ0n) is 12.9. The molecule has 0 aliphatic heterocycles. The molecule has 1 rings (SSSR count). The minimum Gasteiger partial charge on any atom is -0.489 e. The van der Waals surface area contributed by atoms with Crippen molar-refractivity contribution in [2.45, 2.75) is 25.9 Å². The van der Waals surface area contributed by atoms with Gasteiger partial charge in [0.2, 0.25) is 0 Å². The first kappa shape index (κ1) is 17.0. The highest BCUT2D eigenvalue weighted by molar-refractivity contribution is 5.27. The van der Waals surface area contributed by atoms with Gasteiger partial charge in [-0.1, -0.05) is 12.1 Å². The van der Waals surface area contributed by atoms with Gasteiger partial charge in [0.15, 0.2) is 0 Å². The van der Waals surface area contributed by atoms with E-state index >= 15 is 0 Å². The first-order chi connectivity index (χ1) is 9.76. The minimum absolute atomic E-state index is 0.155. The van der Waals surface area contributed by atoms with Crippen LogP contribution in [0.4, 0.5) is 0 Å². The van der Waals surface area contributed by atoms with Crippen LogP contribution in [0, 0.1) is 0 Å². The van der Waals surface area contributed by atoms with Gasteiger partial charge in [0.05, 0.1) is 6.61 Å². The molecule has 0 bridgehead atoms. The lowest BCUT2D eigenvalue weighted by molar-refractivity contribution is 0.188. The molecule has 0 amide bonds. The summed E-state index contributed by atoms with van der Waals surface area (Å²) in [5, 5.41) is 3.36. The molecule has 0 saturated carbocycles. The highest BCUT2D eigenvalue weighted by Gasteiger charge is 2.03. The third-order valence-electron chi connectivity index (χ3n) is 2.99. The van der Waals surface area contributed by atoms with Crippen LogP contribution in [0.15, 0.2) is 24.3 Å². The van der Waals surface area contributed by atoms with Crippen molar-refractivity contribution in [3.63, 3.8) is 0 Å². The maximum absolute atomic E-state index is 5.86. The van der Waals surface area contributed by atoms with Crippen LogP contribution in [0.25, 0.3) is 0 Å². The molecule has 20 heavy (non-hydrogen) atoms. The maximum atomic E-state index is 5.86. The summed E-state index contributed by atoms with van der Waals surface area (Å²) < 4.78 is 15.9. The van der Waals surface area contributed by atoms with Crippen LogP contribution in [0.2, 0.25) is 0 Å². The van der Waals surface area contributed by atoms with Crippen LogP contribution in [-0.2, 0) is 15.9 Å².